The van der Waals surface area contributed by atoms with E-state index in [0.717, 1.165) is 37.0 Å². The van der Waals surface area contributed by atoms with Crippen LogP contribution in [0.15, 0.2) is 33.9 Å². The molecule has 0 unspecified atom stereocenters. The van der Waals surface area contributed by atoms with Crippen molar-refractivity contribution >= 4 is 11.8 Å². The number of hydrogen-bond donors (Lipinski definition) is 1. The third-order valence-electron chi connectivity index (χ3n) is 4.21. The molecule has 1 aromatic heterocycles. The van der Waals surface area contributed by atoms with Crippen molar-refractivity contribution in [3.05, 3.63) is 35.7 Å². The van der Waals surface area contributed by atoms with Gasteiger partial charge < -0.3 is 14.3 Å². The standard InChI is InChI=1S/C17H22N2O3S/c1-21-14-7-5-13(6-8-14)11-15-18-19-16(22-15)23-12-17(20)9-3-2-4-10-17/h5-8,20H,2-4,9-12H2,1H3. The summed E-state index contributed by atoms with van der Waals surface area (Å²) >= 11 is 1.45. The number of nitrogens with zero attached hydrogens (tertiary/aromatic N) is 2. The minimum absolute atomic E-state index is 0.535. The Labute approximate surface area is 140 Å². The molecule has 3 rings (SSSR count). The minimum Gasteiger partial charge on any atom is -0.497 e. The predicted molar refractivity (Wildman–Crippen MR) is 88.9 cm³/mol. The molecule has 0 saturated heterocycles. The Hall–Kier alpha value is -1.53. The van der Waals surface area contributed by atoms with Crippen LogP contribution in [0.4, 0.5) is 0 Å². The summed E-state index contributed by atoms with van der Waals surface area (Å²) in [4.78, 5) is 0. The molecular formula is C17H22N2O3S. The van der Waals surface area contributed by atoms with Gasteiger partial charge in [0.1, 0.15) is 5.75 Å². The normalized spacial score (nSPS) is 17.1. The second-order valence-electron chi connectivity index (χ2n) is 6.06. The fourth-order valence-corrected chi connectivity index (χ4v) is 3.77. The van der Waals surface area contributed by atoms with Crippen molar-refractivity contribution in [3.8, 4) is 5.75 Å². The first kappa shape index (κ1) is 16.3. The quantitative estimate of drug-likeness (QED) is 0.816. The van der Waals surface area contributed by atoms with Gasteiger partial charge in [0.2, 0.25) is 5.89 Å². The lowest BCUT2D eigenvalue weighted by molar-refractivity contribution is 0.0271. The third-order valence-corrected chi connectivity index (χ3v) is 5.30. The summed E-state index contributed by atoms with van der Waals surface area (Å²) in [5, 5.41) is 19.2. The van der Waals surface area contributed by atoms with Gasteiger partial charge in [0.15, 0.2) is 0 Å². The maximum Gasteiger partial charge on any atom is 0.276 e. The van der Waals surface area contributed by atoms with Gasteiger partial charge in [-0.1, -0.05) is 43.2 Å². The summed E-state index contributed by atoms with van der Waals surface area (Å²) in [5.41, 5.74) is 0.519. The van der Waals surface area contributed by atoms with Gasteiger partial charge in [-0.25, -0.2) is 0 Å². The fourth-order valence-electron chi connectivity index (χ4n) is 2.84. The molecule has 1 N–H and O–H groups in total. The van der Waals surface area contributed by atoms with E-state index in [9.17, 15) is 5.11 Å². The Morgan fingerprint density at radius 1 is 1.17 bits per heavy atom. The zero-order valence-electron chi connectivity index (χ0n) is 13.3. The molecule has 5 nitrogen and oxygen atoms in total. The van der Waals surface area contributed by atoms with Crippen molar-refractivity contribution in [2.75, 3.05) is 12.9 Å². The van der Waals surface area contributed by atoms with E-state index in [1.54, 1.807) is 7.11 Å². The topological polar surface area (TPSA) is 68.4 Å². The molecule has 6 heteroatoms. The van der Waals surface area contributed by atoms with Crippen LogP contribution in [-0.4, -0.2) is 33.8 Å². The molecule has 1 aliphatic rings. The van der Waals surface area contributed by atoms with E-state index in [0.29, 0.717) is 23.3 Å². The highest BCUT2D eigenvalue weighted by Crippen LogP contribution is 2.33. The summed E-state index contributed by atoms with van der Waals surface area (Å²) in [6.45, 7) is 0. The highest BCUT2D eigenvalue weighted by molar-refractivity contribution is 7.99. The second-order valence-corrected chi connectivity index (χ2v) is 6.99. The molecular weight excluding hydrogens is 312 g/mol. The molecule has 1 saturated carbocycles. The van der Waals surface area contributed by atoms with Gasteiger partial charge in [0, 0.05) is 5.75 Å². The zero-order chi connectivity index (χ0) is 16.1. The van der Waals surface area contributed by atoms with Gasteiger partial charge in [-0.05, 0) is 30.5 Å². The van der Waals surface area contributed by atoms with Crippen LogP contribution < -0.4 is 4.74 Å². The average Bonchev–Trinajstić information content (AvgIpc) is 3.02. The molecule has 0 bridgehead atoms. The third kappa shape index (κ3) is 4.48. The predicted octanol–water partition coefficient (Wildman–Crippen LogP) is 3.46. The lowest BCUT2D eigenvalue weighted by Crippen LogP contribution is -2.33. The van der Waals surface area contributed by atoms with Crippen LogP contribution in [0, 0.1) is 0 Å². The molecule has 0 aliphatic heterocycles. The van der Waals surface area contributed by atoms with E-state index < -0.39 is 5.60 Å². The van der Waals surface area contributed by atoms with Gasteiger partial charge in [-0.15, -0.1) is 10.2 Å². The van der Waals surface area contributed by atoms with Gasteiger partial charge in [0.05, 0.1) is 19.1 Å². The van der Waals surface area contributed by atoms with Gasteiger partial charge in [-0.2, -0.15) is 0 Å². The lowest BCUT2D eigenvalue weighted by Gasteiger charge is -2.31. The van der Waals surface area contributed by atoms with E-state index >= 15 is 0 Å². The minimum atomic E-state index is -0.576. The van der Waals surface area contributed by atoms with Crippen LogP contribution in [0.25, 0.3) is 0 Å². The number of thioether (sulfide) groups is 1. The molecule has 0 radical (unpaired) electrons. The van der Waals surface area contributed by atoms with Crippen LogP contribution in [0.3, 0.4) is 0 Å². The highest BCUT2D eigenvalue weighted by atomic mass is 32.2. The van der Waals surface area contributed by atoms with Crippen molar-refractivity contribution in [2.45, 2.75) is 49.3 Å². The summed E-state index contributed by atoms with van der Waals surface area (Å²) in [6, 6.07) is 7.81. The number of rotatable bonds is 6. The molecule has 0 amide bonds. The van der Waals surface area contributed by atoms with Crippen LogP contribution in [0.1, 0.15) is 43.6 Å². The van der Waals surface area contributed by atoms with Crippen molar-refractivity contribution < 1.29 is 14.3 Å². The molecule has 1 fully saturated rings. The molecule has 124 valence electrons. The highest BCUT2D eigenvalue weighted by Gasteiger charge is 2.29. The maximum absolute atomic E-state index is 10.5. The number of aromatic nitrogens is 2. The largest absolute Gasteiger partial charge is 0.497 e. The Balaban J connectivity index is 1.55. The molecule has 1 heterocycles. The van der Waals surface area contributed by atoms with Gasteiger partial charge in [0.25, 0.3) is 5.22 Å². The van der Waals surface area contributed by atoms with Crippen molar-refractivity contribution in [1.82, 2.24) is 10.2 Å². The first-order valence-electron chi connectivity index (χ1n) is 7.97. The number of methoxy groups -OCH3 is 1. The first-order valence-corrected chi connectivity index (χ1v) is 8.96. The van der Waals surface area contributed by atoms with E-state index in [4.69, 9.17) is 9.15 Å². The van der Waals surface area contributed by atoms with E-state index in [-0.39, 0.29) is 0 Å². The average molecular weight is 334 g/mol. The molecule has 0 atom stereocenters. The number of hydrogen-bond acceptors (Lipinski definition) is 6. The Morgan fingerprint density at radius 2 is 1.91 bits per heavy atom. The Bertz CT molecular complexity index is 621. The molecule has 1 aliphatic carbocycles. The smallest absolute Gasteiger partial charge is 0.276 e. The van der Waals surface area contributed by atoms with E-state index in [1.165, 1.54) is 18.2 Å². The number of aliphatic hydroxyl groups is 1. The monoisotopic (exact) mass is 334 g/mol. The van der Waals surface area contributed by atoms with Crippen LogP contribution in [-0.2, 0) is 6.42 Å². The first-order chi connectivity index (χ1) is 11.2. The van der Waals surface area contributed by atoms with Gasteiger partial charge >= 0.3 is 0 Å². The van der Waals surface area contributed by atoms with E-state index in [2.05, 4.69) is 10.2 Å². The second kappa shape index (κ2) is 7.36. The summed E-state index contributed by atoms with van der Waals surface area (Å²) in [5.74, 6) is 2.04. The van der Waals surface area contributed by atoms with Crippen LogP contribution in [0.5, 0.6) is 5.75 Å². The van der Waals surface area contributed by atoms with Crippen molar-refractivity contribution in [1.29, 1.82) is 0 Å². The lowest BCUT2D eigenvalue weighted by atomic mass is 9.86. The molecule has 1 aromatic carbocycles. The van der Waals surface area contributed by atoms with E-state index in [1.807, 2.05) is 24.3 Å². The van der Waals surface area contributed by atoms with Crippen LogP contribution in [0.2, 0.25) is 0 Å². The molecule has 23 heavy (non-hydrogen) atoms. The molecule has 2 aromatic rings. The summed E-state index contributed by atoms with van der Waals surface area (Å²) in [6.07, 6.45) is 5.76. The summed E-state index contributed by atoms with van der Waals surface area (Å²) in [7, 11) is 1.65. The maximum atomic E-state index is 10.5. The van der Waals surface area contributed by atoms with Crippen molar-refractivity contribution in [2.24, 2.45) is 0 Å². The fraction of sp³-hybridized carbons (Fsp3) is 0.529. The van der Waals surface area contributed by atoms with Gasteiger partial charge in [-0.3, -0.25) is 0 Å². The number of ether oxygens (including phenoxy) is 1. The SMILES string of the molecule is COc1ccc(Cc2nnc(SCC3(O)CCCCC3)o2)cc1. The zero-order valence-corrected chi connectivity index (χ0v) is 14.1. The van der Waals surface area contributed by atoms with Crippen LogP contribution >= 0.6 is 11.8 Å². The van der Waals surface area contributed by atoms with Crippen molar-refractivity contribution in [3.63, 3.8) is 0 Å². The number of benzene rings is 1. The molecule has 0 spiro atoms. The Kier molecular flexibility index (Phi) is 5.23. The Morgan fingerprint density at radius 3 is 2.61 bits per heavy atom. The summed E-state index contributed by atoms with van der Waals surface area (Å²) < 4.78 is 10.8.